The lowest BCUT2D eigenvalue weighted by Gasteiger charge is -2.09. The van der Waals surface area contributed by atoms with Crippen LogP contribution in [0.25, 0.3) is 0 Å². The summed E-state index contributed by atoms with van der Waals surface area (Å²) in [6, 6.07) is 9.33. The Morgan fingerprint density at radius 2 is 1.89 bits per heavy atom. The van der Waals surface area contributed by atoms with Crippen LogP contribution in [0.15, 0.2) is 40.9 Å². The van der Waals surface area contributed by atoms with Gasteiger partial charge in [0.15, 0.2) is 0 Å². The maximum atomic E-state index is 12.0. The molecule has 0 saturated carbocycles. The molecule has 0 aromatic heterocycles. The molecule has 0 radical (unpaired) electrons. The highest BCUT2D eigenvalue weighted by Crippen LogP contribution is 2.28. The van der Waals surface area contributed by atoms with Crippen LogP contribution >= 0.6 is 39.1 Å². The van der Waals surface area contributed by atoms with E-state index >= 15 is 0 Å². The van der Waals surface area contributed by atoms with Crippen LogP contribution in [0, 0.1) is 0 Å². The van der Waals surface area contributed by atoms with Crippen molar-refractivity contribution in [3.05, 3.63) is 56.5 Å². The van der Waals surface area contributed by atoms with Crippen molar-refractivity contribution in [3.63, 3.8) is 0 Å². The molecule has 0 aliphatic heterocycles. The summed E-state index contributed by atoms with van der Waals surface area (Å²) in [5.41, 5.74) is 0.531. The molecular weight excluding hydrogens is 353 g/mol. The summed E-state index contributed by atoms with van der Waals surface area (Å²) in [5.74, 6) is -0.631. The quantitative estimate of drug-likeness (QED) is 0.814. The highest BCUT2D eigenvalue weighted by Gasteiger charge is 2.13. The van der Waals surface area contributed by atoms with Gasteiger partial charge < -0.3 is 10.4 Å². The van der Waals surface area contributed by atoms with Crippen LogP contribution in [0.2, 0.25) is 10.0 Å². The van der Waals surface area contributed by atoms with E-state index in [-0.39, 0.29) is 11.3 Å². The van der Waals surface area contributed by atoms with Crippen LogP contribution in [-0.2, 0) is 0 Å². The van der Waals surface area contributed by atoms with Gasteiger partial charge in [0, 0.05) is 9.50 Å². The number of halogens is 3. The monoisotopic (exact) mass is 359 g/mol. The van der Waals surface area contributed by atoms with E-state index in [0.29, 0.717) is 15.7 Å². The van der Waals surface area contributed by atoms with E-state index in [4.69, 9.17) is 23.2 Å². The van der Waals surface area contributed by atoms with E-state index in [9.17, 15) is 9.90 Å². The highest BCUT2D eigenvalue weighted by atomic mass is 79.9. The lowest BCUT2D eigenvalue weighted by atomic mass is 10.2. The number of phenols is 1. The molecule has 0 aliphatic carbocycles. The predicted octanol–water partition coefficient (Wildman–Crippen LogP) is 4.71. The Morgan fingerprint density at radius 3 is 2.63 bits per heavy atom. The standard InChI is InChI=1S/C13H8BrCl2NO2/c14-7-1-3-10(16)11(5-7)17-13(19)9-6-8(15)2-4-12(9)18/h1-6,18H,(H,17,19). The zero-order chi connectivity index (χ0) is 14.0. The Kier molecular flexibility index (Phi) is 4.34. The van der Waals surface area contributed by atoms with Crippen LogP contribution in [-0.4, -0.2) is 11.0 Å². The molecular formula is C13H8BrCl2NO2. The van der Waals surface area contributed by atoms with Gasteiger partial charge in [0.2, 0.25) is 0 Å². The van der Waals surface area contributed by atoms with Crippen molar-refractivity contribution in [1.29, 1.82) is 0 Å². The van der Waals surface area contributed by atoms with Crippen LogP contribution in [0.4, 0.5) is 5.69 Å². The van der Waals surface area contributed by atoms with Crippen LogP contribution in [0.3, 0.4) is 0 Å². The largest absolute Gasteiger partial charge is 0.507 e. The van der Waals surface area contributed by atoms with E-state index < -0.39 is 5.91 Å². The number of hydrogen-bond donors (Lipinski definition) is 2. The molecule has 0 atom stereocenters. The molecule has 0 saturated heterocycles. The molecule has 19 heavy (non-hydrogen) atoms. The predicted molar refractivity (Wildman–Crippen MR) is 80.2 cm³/mol. The van der Waals surface area contributed by atoms with Gasteiger partial charge in [-0.3, -0.25) is 4.79 Å². The second-order valence-electron chi connectivity index (χ2n) is 3.74. The van der Waals surface area contributed by atoms with Gasteiger partial charge in [0.05, 0.1) is 16.3 Å². The van der Waals surface area contributed by atoms with Gasteiger partial charge in [-0.25, -0.2) is 0 Å². The first-order valence-corrected chi connectivity index (χ1v) is 6.77. The van der Waals surface area contributed by atoms with E-state index in [1.165, 1.54) is 18.2 Å². The van der Waals surface area contributed by atoms with Gasteiger partial charge in [-0.2, -0.15) is 0 Å². The number of benzene rings is 2. The zero-order valence-corrected chi connectivity index (χ0v) is 12.6. The summed E-state index contributed by atoms with van der Waals surface area (Å²) < 4.78 is 0.780. The molecule has 0 aliphatic rings. The molecule has 2 N–H and O–H groups in total. The van der Waals surface area contributed by atoms with Crippen molar-refractivity contribution < 1.29 is 9.90 Å². The maximum Gasteiger partial charge on any atom is 0.259 e. The van der Waals surface area contributed by atoms with E-state index in [1.807, 2.05) is 0 Å². The Bertz CT molecular complexity index is 647. The van der Waals surface area contributed by atoms with Crippen molar-refractivity contribution in [2.75, 3.05) is 5.32 Å². The van der Waals surface area contributed by atoms with Crippen molar-refractivity contribution in [1.82, 2.24) is 0 Å². The van der Waals surface area contributed by atoms with Crippen LogP contribution in [0.1, 0.15) is 10.4 Å². The first-order valence-electron chi connectivity index (χ1n) is 5.22. The number of aromatic hydroxyl groups is 1. The van der Waals surface area contributed by atoms with E-state index in [1.54, 1.807) is 18.2 Å². The van der Waals surface area contributed by atoms with Gasteiger partial charge in [0.1, 0.15) is 5.75 Å². The van der Waals surface area contributed by atoms with Crippen LogP contribution < -0.4 is 5.32 Å². The number of carbonyl (C=O) groups excluding carboxylic acids is 1. The fraction of sp³-hybridized carbons (Fsp3) is 0. The minimum atomic E-state index is -0.486. The molecule has 2 rings (SSSR count). The third-order valence-electron chi connectivity index (χ3n) is 2.38. The molecule has 6 heteroatoms. The number of anilines is 1. The number of nitrogens with one attached hydrogen (secondary N) is 1. The van der Waals surface area contributed by atoms with Crippen molar-refractivity contribution in [2.24, 2.45) is 0 Å². The summed E-state index contributed by atoms with van der Waals surface area (Å²) in [5, 5.41) is 13.0. The normalized spacial score (nSPS) is 10.3. The summed E-state index contributed by atoms with van der Waals surface area (Å²) in [6.45, 7) is 0. The van der Waals surface area contributed by atoms with Gasteiger partial charge in [-0.05, 0) is 36.4 Å². The Morgan fingerprint density at radius 1 is 1.16 bits per heavy atom. The summed E-state index contributed by atoms with van der Waals surface area (Å²) >= 11 is 15.1. The third kappa shape index (κ3) is 3.41. The van der Waals surface area contributed by atoms with Gasteiger partial charge in [-0.15, -0.1) is 0 Å². The Hall–Kier alpha value is -1.23. The topological polar surface area (TPSA) is 49.3 Å². The number of amides is 1. The van der Waals surface area contributed by atoms with Crippen molar-refractivity contribution in [2.45, 2.75) is 0 Å². The lowest BCUT2D eigenvalue weighted by molar-refractivity contribution is 0.102. The van der Waals surface area contributed by atoms with Gasteiger partial charge in [-0.1, -0.05) is 39.1 Å². The molecule has 3 nitrogen and oxygen atoms in total. The number of rotatable bonds is 2. The lowest BCUT2D eigenvalue weighted by Crippen LogP contribution is -2.12. The first kappa shape index (κ1) is 14.2. The fourth-order valence-electron chi connectivity index (χ4n) is 1.47. The number of hydrogen-bond acceptors (Lipinski definition) is 2. The molecule has 0 spiro atoms. The Labute approximate surface area is 128 Å². The second-order valence-corrected chi connectivity index (χ2v) is 5.50. The summed E-state index contributed by atoms with van der Waals surface area (Å²) in [7, 11) is 0. The molecule has 0 unspecified atom stereocenters. The zero-order valence-electron chi connectivity index (χ0n) is 9.45. The minimum absolute atomic E-state index is 0.0866. The van der Waals surface area contributed by atoms with Crippen molar-refractivity contribution in [3.8, 4) is 5.75 Å². The van der Waals surface area contributed by atoms with Gasteiger partial charge >= 0.3 is 0 Å². The van der Waals surface area contributed by atoms with E-state index in [0.717, 1.165) is 4.47 Å². The third-order valence-corrected chi connectivity index (χ3v) is 3.44. The fourth-order valence-corrected chi connectivity index (χ4v) is 2.17. The molecule has 0 fully saturated rings. The average molecular weight is 361 g/mol. The van der Waals surface area contributed by atoms with Crippen molar-refractivity contribution >= 4 is 50.7 Å². The molecule has 0 heterocycles. The molecule has 2 aromatic carbocycles. The summed E-state index contributed by atoms with van der Waals surface area (Å²) in [4.78, 5) is 12.0. The van der Waals surface area contributed by atoms with E-state index in [2.05, 4.69) is 21.2 Å². The smallest absolute Gasteiger partial charge is 0.259 e. The average Bonchev–Trinajstić information content (AvgIpc) is 2.36. The SMILES string of the molecule is O=C(Nc1cc(Br)ccc1Cl)c1cc(Cl)ccc1O. The molecule has 98 valence electrons. The molecule has 1 amide bonds. The highest BCUT2D eigenvalue weighted by molar-refractivity contribution is 9.10. The first-order chi connectivity index (χ1) is 8.97. The maximum absolute atomic E-state index is 12.0. The number of phenolic OH excluding ortho intramolecular Hbond substituents is 1. The summed E-state index contributed by atoms with van der Waals surface area (Å²) in [6.07, 6.45) is 0. The van der Waals surface area contributed by atoms with Gasteiger partial charge in [0.25, 0.3) is 5.91 Å². The molecule has 2 aromatic rings. The Balaban J connectivity index is 2.30. The number of carbonyl (C=O) groups is 1. The van der Waals surface area contributed by atoms with Crippen LogP contribution in [0.5, 0.6) is 5.75 Å². The molecule has 0 bridgehead atoms. The second kappa shape index (κ2) is 5.82. The minimum Gasteiger partial charge on any atom is -0.507 e.